The van der Waals surface area contributed by atoms with Crippen molar-refractivity contribution in [3.05, 3.63) is 89.5 Å². The van der Waals surface area contributed by atoms with Crippen molar-refractivity contribution >= 4 is 23.2 Å². The maximum Gasteiger partial charge on any atom is 0.109 e. The van der Waals surface area contributed by atoms with Crippen LogP contribution >= 0.6 is 7.26 Å². The van der Waals surface area contributed by atoms with E-state index in [1.54, 1.807) is 22.0 Å². The van der Waals surface area contributed by atoms with Gasteiger partial charge in [0.05, 0.1) is 6.66 Å². The van der Waals surface area contributed by atoms with Crippen LogP contribution in [0.4, 0.5) is 0 Å². The van der Waals surface area contributed by atoms with Crippen LogP contribution in [0.15, 0.2) is 72.8 Å². The fraction of sp³-hybridized carbons (Fsp3) is 0.419. The molecule has 0 unspecified atom stereocenters. The van der Waals surface area contributed by atoms with Crippen molar-refractivity contribution in [3.63, 3.8) is 0 Å². The normalized spacial score (nSPS) is 11.3. The molecule has 0 aliphatic heterocycles. The summed E-state index contributed by atoms with van der Waals surface area (Å²) in [5.74, 6) is 0. The van der Waals surface area contributed by atoms with E-state index in [0.29, 0.717) is 0 Å². The van der Waals surface area contributed by atoms with Gasteiger partial charge in [-0.05, 0) is 85.5 Å². The number of rotatable bonds is 12. The van der Waals surface area contributed by atoms with Gasteiger partial charge in [-0.2, -0.15) is 0 Å². The molecule has 0 atom stereocenters. The molecule has 0 aliphatic rings. The van der Waals surface area contributed by atoms with Crippen molar-refractivity contribution in [3.8, 4) is 0 Å². The molecule has 33 heavy (non-hydrogen) atoms. The highest BCUT2D eigenvalue weighted by Gasteiger charge is 2.42. The molecule has 0 aromatic heterocycles. The first-order valence-corrected chi connectivity index (χ1v) is 15.0. The van der Waals surface area contributed by atoms with E-state index in [0.717, 1.165) is 0 Å². The Labute approximate surface area is 221 Å². The van der Waals surface area contributed by atoms with Crippen LogP contribution in [0.25, 0.3) is 0 Å². The van der Waals surface area contributed by atoms with Gasteiger partial charge in [0.15, 0.2) is 0 Å². The summed E-state index contributed by atoms with van der Waals surface area (Å²) < 4.78 is 0. The monoisotopic (exact) mass is 572 g/mol. The van der Waals surface area contributed by atoms with Crippen molar-refractivity contribution < 1.29 is 24.0 Å². The van der Waals surface area contributed by atoms with E-state index < -0.39 is 7.26 Å². The summed E-state index contributed by atoms with van der Waals surface area (Å²) in [5, 5.41) is 4.60. The van der Waals surface area contributed by atoms with Crippen molar-refractivity contribution in [2.75, 3.05) is 6.66 Å². The molecule has 178 valence electrons. The van der Waals surface area contributed by atoms with Crippen molar-refractivity contribution in [1.82, 2.24) is 0 Å². The second-order valence-electron chi connectivity index (χ2n) is 9.19. The molecule has 3 aromatic carbocycles. The van der Waals surface area contributed by atoms with Gasteiger partial charge in [0, 0.05) is 0 Å². The van der Waals surface area contributed by atoms with Gasteiger partial charge in [0.25, 0.3) is 0 Å². The van der Waals surface area contributed by atoms with Gasteiger partial charge in [-0.3, -0.25) is 0 Å². The second-order valence-corrected chi connectivity index (χ2v) is 12.7. The SMILES string of the molecule is CCCCc1ccc([P+](C)(c2ccccc2)c2ccccc2)c(CCCC)c1CCCC.[I-]. The first-order chi connectivity index (χ1) is 15.7. The Bertz CT molecular complexity index is 910. The van der Waals surface area contributed by atoms with Crippen LogP contribution in [0, 0.1) is 0 Å². The predicted octanol–water partition coefficient (Wildman–Crippen LogP) is 4.64. The first-order valence-electron chi connectivity index (χ1n) is 12.8. The number of hydrogen-bond donors (Lipinski definition) is 0. The number of hydrogen-bond acceptors (Lipinski definition) is 0. The van der Waals surface area contributed by atoms with Crippen LogP contribution in [0.3, 0.4) is 0 Å². The van der Waals surface area contributed by atoms with Crippen LogP contribution < -0.4 is 39.9 Å². The largest absolute Gasteiger partial charge is 1.00 e. The fourth-order valence-electron chi connectivity index (χ4n) is 4.93. The minimum absolute atomic E-state index is 0. The van der Waals surface area contributed by atoms with Gasteiger partial charge in [0.1, 0.15) is 23.2 Å². The molecule has 0 radical (unpaired) electrons. The summed E-state index contributed by atoms with van der Waals surface area (Å²) in [6.45, 7) is 9.52. The minimum atomic E-state index is -1.71. The van der Waals surface area contributed by atoms with Crippen molar-refractivity contribution in [2.45, 2.75) is 78.6 Å². The Kier molecular flexibility index (Phi) is 12.1. The molecule has 0 amide bonds. The van der Waals surface area contributed by atoms with E-state index >= 15 is 0 Å². The summed E-state index contributed by atoms with van der Waals surface area (Å²) in [4.78, 5) is 0. The molecule has 0 N–H and O–H groups in total. The first kappa shape index (κ1) is 28.1. The predicted molar refractivity (Wildman–Crippen MR) is 147 cm³/mol. The summed E-state index contributed by atoms with van der Waals surface area (Å²) >= 11 is 0. The molecule has 2 heteroatoms. The molecule has 0 saturated heterocycles. The minimum Gasteiger partial charge on any atom is -1.00 e. The second kappa shape index (κ2) is 14.3. The zero-order valence-electron chi connectivity index (χ0n) is 21.1. The third kappa shape index (κ3) is 6.70. The van der Waals surface area contributed by atoms with E-state index in [1.807, 2.05) is 0 Å². The number of unbranched alkanes of at least 4 members (excludes halogenated alkanes) is 3. The van der Waals surface area contributed by atoms with Gasteiger partial charge < -0.3 is 24.0 Å². The molecule has 0 bridgehead atoms. The van der Waals surface area contributed by atoms with E-state index in [4.69, 9.17) is 0 Å². The summed E-state index contributed by atoms with van der Waals surface area (Å²) in [5.41, 5.74) is 4.98. The lowest BCUT2D eigenvalue weighted by Crippen LogP contribution is -3.00. The maximum atomic E-state index is 2.55. The zero-order valence-corrected chi connectivity index (χ0v) is 24.2. The lowest BCUT2D eigenvalue weighted by Gasteiger charge is -2.28. The van der Waals surface area contributed by atoms with Gasteiger partial charge in [-0.15, -0.1) is 0 Å². The summed E-state index contributed by atoms with van der Waals surface area (Å²) in [6.07, 6.45) is 11.3. The average molecular weight is 573 g/mol. The lowest BCUT2D eigenvalue weighted by molar-refractivity contribution is -0.00000667. The van der Waals surface area contributed by atoms with Gasteiger partial charge >= 0.3 is 0 Å². The van der Waals surface area contributed by atoms with Gasteiger partial charge in [-0.25, -0.2) is 0 Å². The van der Waals surface area contributed by atoms with E-state index in [1.165, 1.54) is 68.4 Å². The molecule has 0 saturated carbocycles. The molecule has 0 aliphatic carbocycles. The summed E-state index contributed by atoms with van der Waals surface area (Å²) in [7, 11) is -1.71. The van der Waals surface area contributed by atoms with E-state index in [2.05, 4.69) is 100 Å². The third-order valence-corrected chi connectivity index (χ3v) is 10.9. The van der Waals surface area contributed by atoms with Crippen molar-refractivity contribution in [2.24, 2.45) is 0 Å². The fourth-order valence-corrected chi connectivity index (χ4v) is 8.48. The van der Waals surface area contributed by atoms with E-state index in [9.17, 15) is 0 Å². The molecule has 3 rings (SSSR count). The molecule has 3 aromatic rings. The standard InChI is InChI=1S/C31H42P.HI/c1-5-8-17-26-24-25-31(30(23-10-7-3)29(26)22-9-6-2)32(4,27-18-13-11-14-19-27)28-20-15-12-16-21-28;/h11-16,18-21,24-25H,5-10,17,22-23H2,1-4H3;1H/q+1;/p-1. The Morgan fingerprint density at radius 3 is 1.48 bits per heavy atom. The van der Waals surface area contributed by atoms with E-state index in [-0.39, 0.29) is 24.0 Å². The molecule has 0 heterocycles. The Morgan fingerprint density at radius 1 is 0.545 bits per heavy atom. The third-order valence-electron chi connectivity index (χ3n) is 6.89. The van der Waals surface area contributed by atoms with Gasteiger partial charge in [-0.1, -0.05) is 82.5 Å². The molecule has 0 fully saturated rings. The molecular weight excluding hydrogens is 530 g/mol. The van der Waals surface area contributed by atoms with Crippen molar-refractivity contribution in [1.29, 1.82) is 0 Å². The van der Waals surface area contributed by atoms with Gasteiger partial charge in [0.2, 0.25) is 0 Å². The highest BCUT2D eigenvalue weighted by molar-refractivity contribution is 7.95. The number of halogens is 1. The van der Waals surface area contributed by atoms with Crippen LogP contribution in [0.5, 0.6) is 0 Å². The summed E-state index contributed by atoms with van der Waals surface area (Å²) in [6, 6.07) is 27.6. The number of aryl methyl sites for hydroxylation is 1. The van der Waals surface area contributed by atoms with Crippen LogP contribution in [-0.4, -0.2) is 6.66 Å². The highest BCUT2D eigenvalue weighted by Crippen LogP contribution is 2.53. The highest BCUT2D eigenvalue weighted by atomic mass is 127. The quantitative estimate of drug-likeness (QED) is 0.219. The van der Waals surface area contributed by atoms with Crippen LogP contribution in [-0.2, 0) is 19.3 Å². The topological polar surface area (TPSA) is 0 Å². The average Bonchev–Trinajstić information content (AvgIpc) is 2.85. The van der Waals surface area contributed by atoms with Crippen LogP contribution in [0.1, 0.15) is 76.0 Å². The number of benzene rings is 3. The maximum absolute atomic E-state index is 2.55. The zero-order chi connectivity index (χ0) is 22.8. The Balaban J connectivity index is 0.00000385. The molecule has 0 nitrogen and oxygen atoms in total. The Morgan fingerprint density at radius 2 is 1.00 bits per heavy atom. The smallest absolute Gasteiger partial charge is 0.109 e. The Hall–Kier alpha value is -1.18. The van der Waals surface area contributed by atoms with Crippen LogP contribution in [0.2, 0.25) is 0 Å². The molecule has 0 spiro atoms. The lowest BCUT2D eigenvalue weighted by atomic mass is 9.91. The molecular formula is C31H42IP.